The molecule has 19 heavy (non-hydrogen) atoms. The number of hydrogen-bond donors (Lipinski definition) is 1. The molecule has 1 aromatic carbocycles. The summed E-state index contributed by atoms with van der Waals surface area (Å²) in [6, 6.07) is 11.0. The number of rotatable bonds is 4. The van der Waals surface area contributed by atoms with Gasteiger partial charge in [-0.15, -0.1) is 11.3 Å². The van der Waals surface area contributed by atoms with Gasteiger partial charge in [-0.25, -0.2) is 0 Å². The van der Waals surface area contributed by atoms with Gasteiger partial charge in [0.05, 0.1) is 5.69 Å². The molecule has 4 heteroatoms. The molecule has 0 aliphatic carbocycles. The fourth-order valence-corrected chi connectivity index (χ4v) is 3.43. The average molecular weight is 271 g/mol. The first-order valence-corrected chi connectivity index (χ1v) is 7.28. The Morgan fingerprint density at radius 1 is 1.32 bits per heavy atom. The molecule has 0 bridgehead atoms. The zero-order chi connectivity index (χ0) is 13.2. The van der Waals surface area contributed by atoms with Crippen LogP contribution in [-0.4, -0.2) is 16.8 Å². The maximum Gasteiger partial charge on any atom is 0.0643 e. The summed E-state index contributed by atoms with van der Waals surface area (Å²) < 4.78 is 3.20. The quantitative estimate of drug-likeness (QED) is 0.790. The van der Waals surface area contributed by atoms with Gasteiger partial charge in [0.2, 0.25) is 0 Å². The van der Waals surface area contributed by atoms with Crippen molar-refractivity contribution in [1.29, 1.82) is 0 Å². The number of aryl methyl sites for hydroxylation is 1. The van der Waals surface area contributed by atoms with Crippen molar-refractivity contribution in [1.82, 2.24) is 15.1 Å². The molecule has 0 saturated carbocycles. The zero-order valence-corrected chi connectivity index (χ0v) is 11.9. The Hall–Kier alpha value is -1.65. The highest BCUT2D eigenvalue weighted by Crippen LogP contribution is 2.31. The van der Waals surface area contributed by atoms with E-state index in [9.17, 15) is 0 Å². The highest BCUT2D eigenvalue weighted by atomic mass is 32.1. The lowest BCUT2D eigenvalue weighted by Crippen LogP contribution is -2.18. The molecule has 1 unspecified atom stereocenters. The van der Waals surface area contributed by atoms with Crippen LogP contribution in [0.4, 0.5) is 0 Å². The first kappa shape index (κ1) is 12.4. The van der Waals surface area contributed by atoms with Crippen LogP contribution >= 0.6 is 11.3 Å². The average Bonchev–Trinajstić information content (AvgIpc) is 3.02. The van der Waals surface area contributed by atoms with E-state index in [2.05, 4.69) is 46.1 Å². The zero-order valence-electron chi connectivity index (χ0n) is 11.1. The minimum absolute atomic E-state index is 0.311. The van der Waals surface area contributed by atoms with Crippen molar-refractivity contribution in [3.63, 3.8) is 0 Å². The summed E-state index contributed by atoms with van der Waals surface area (Å²) in [4.78, 5) is 0. The van der Waals surface area contributed by atoms with Gasteiger partial charge in [0.25, 0.3) is 0 Å². The number of likely N-dealkylation sites (N-methyl/N-ethyl adjacent to an activating group) is 1. The fraction of sp³-hybridized carbons (Fsp3) is 0.267. The van der Waals surface area contributed by atoms with Crippen LogP contribution in [0.25, 0.3) is 10.1 Å². The van der Waals surface area contributed by atoms with Crippen molar-refractivity contribution in [3.05, 3.63) is 53.2 Å². The predicted molar refractivity (Wildman–Crippen MR) is 80.5 cm³/mol. The van der Waals surface area contributed by atoms with Gasteiger partial charge in [-0.3, -0.25) is 4.68 Å². The van der Waals surface area contributed by atoms with E-state index in [4.69, 9.17) is 0 Å². The van der Waals surface area contributed by atoms with E-state index >= 15 is 0 Å². The maximum atomic E-state index is 4.47. The summed E-state index contributed by atoms with van der Waals surface area (Å²) in [6.45, 7) is 0. The van der Waals surface area contributed by atoms with Gasteiger partial charge in [0.1, 0.15) is 0 Å². The largest absolute Gasteiger partial charge is 0.313 e. The third-order valence-corrected chi connectivity index (χ3v) is 4.40. The van der Waals surface area contributed by atoms with Gasteiger partial charge in [0, 0.05) is 30.4 Å². The molecule has 0 radical (unpaired) electrons. The molecule has 0 fully saturated rings. The molecule has 3 rings (SSSR count). The standard InChI is InChI=1S/C15H17N3S/c1-16-14(9-11-7-8-18(2)17-11)13-10-19-15-6-4-3-5-12(13)15/h3-8,10,14,16H,9H2,1-2H3. The number of fused-ring (bicyclic) bond motifs is 1. The monoisotopic (exact) mass is 271 g/mol. The fourth-order valence-electron chi connectivity index (χ4n) is 2.42. The predicted octanol–water partition coefficient (Wildman–Crippen LogP) is 3.14. The van der Waals surface area contributed by atoms with E-state index in [0.29, 0.717) is 6.04 Å². The van der Waals surface area contributed by atoms with Crippen molar-refractivity contribution in [3.8, 4) is 0 Å². The number of nitrogens with zero attached hydrogens (tertiary/aromatic N) is 2. The van der Waals surface area contributed by atoms with E-state index in [0.717, 1.165) is 12.1 Å². The Morgan fingerprint density at radius 2 is 2.16 bits per heavy atom. The van der Waals surface area contributed by atoms with Crippen LogP contribution in [0.1, 0.15) is 17.3 Å². The van der Waals surface area contributed by atoms with Crippen LogP contribution in [0.5, 0.6) is 0 Å². The third-order valence-electron chi connectivity index (χ3n) is 3.42. The van der Waals surface area contributed by atoms with Crippen molar-refractivity contribution in [2.45, 2.75) is 12.5 Å². The van der Waals surface area contributed by atoms with Crippen molar-refractivity contribution < 1.29 is 0 Å². The first-order valence-electron chi connectivity index (χ1n) is 6.40. The molecule has 3 nitrogen and oxygen atoms in total. The van der Waals surface area contributed by atoms with Gasteiger partial charge < -0.3 is 5.32 Å². The van der Waals surface area contributed by atoms with Crippen LogP contribution in [0.15, 0.2) is 41.9 Å². The maximum absolute atomic E-state index is 4.47. The molecule has 1 atom stereocenters. The SMILES string of the molecule is CNC(Cc1ccn(C)n1)c1csc2ccccc12. The number of benzene rings is 1. The molecule has 2 heterocycles. The number of hydrogen-bond acceptors (Lipinski definition) is 3. The Morgan fingerprint density at radius 3 is 2.89 bits per heavy atom. The second-order valence-corrected chi connectivity index (χ2v) is 5.62. The number of nitrogens with one attached hydrogen (secondary N) is 1. The lowest BCUT2D eigenvalue weighted by molar-refractivity contribution is 0.582. The third kappa shape index (κ3) is 2.41. The summed E-state index contributed by atoms with van der Waals surface area (Å²) in [5.41, 5.74) is 2.49. The van der Waals surface area contributed by atoms with Crippen molar-refractivity contribution >= 4 is 21.4 Å². The van der Waals surface area contributed by atoms with E-state index in [-0.39, 0.29) is 0 Å². The summed E-state index contributed by atoms with van der Waals surface area (Å²) in [7, 11) is 3.97. The Labute approximate surface area is 116 Å². The minimum Gasteiger partial charge on any atom is -0.313 e. The molecular weight excluding hydrogens is 254 g/mol. The summed E-state index contributed by atoms with van der Waals surface area (Å²) in [5.74, 6) is 0. The van der Waals surface area contributed by atoms with Gasteiger partial charge in [0.15, 0.2) is 0 Å². The molecule has 0 spiro atoms. The lowest BCUT2D eigenvalue weighted by Gasteiger charge is -2.14. The molecule has 0 saturated heterocycles. The summed E-state index contributed by atoms with van der Waals surface area (Å²) >= 11 is 1.81. The van der Waals surface area contributed by atoms with Gasteiger partial charge in [-0.1, -0.05) is 18.2 Å². The molecule has 3 aromatic rings. The first-order chi connectivity index (χ1) is 9.28. The molecule has 0 amide bonds. The van der Waals surface area contributed by atoms with E-state index in [1.165, 1.54) is 15.6 Å². The smallest absolute Gasteiger partial charge is 0.0643 e. The Balaban J connectivity index is 1.93. The van der Waals surface area contributed by atoms with Gasteiger partial charge in [-0.05, 0) is 35.5 Å². The van der Waals surface area contributed by atoms with Crippen LogP contribution in [0, 0.1) is 0 Å². The molecule has 0 aliphatic heterocycles. The molecular formula is C15H17N3S. The summed E-state index contributed by atoms with van der Waals surface area (Å²) in [6.07, 6.45) is 2.91. The molecule has 0 aliphatic rings. The topological polar surface area (TPSA) is 29.9 Å². The molecule has 98 valence electrons. The normalized spacial score (nSPS) is 12.9. The van der Waals surface area contributed by atoms with Crippen LogP contribution < -0.4 is 5.32 Å². The number of aromatic nitrogens is 2. The van der Waals surface area contributed by atoms with E-state index < -0.39 is 0 Å². The van der Waals surface area contributed by atoms with Gasteiger partial charge >= 0.3 is 0 Å². The summed E-state index contributed by atoms with van der Waals surface area (Å²) in [5, 5.41) is 11.5. The highest BCUT2D eigenvalue weighted by Gasteiger charge is 2.15. The molecule has 2 aromatic heterocycles. The second-order valence-electron chi connectivity index (χ2n) is 4.71. The number of thiophene rings is 1. The lowest BCUT2D eigenvalue weighted by atomic mass is 10.0. The van der Waals surface area contributed by atoms with Crippen LogP contribution in [-0.2, 0) is 13.5 Å². The minimum atomic E-state index is 0.311. The highest BCUT2D eigenvalue weighted by molar-refractivity contribution is 7.17. The Kier molecular flexibility index (Phi) is 3.36. The van der Waals surface area contributed by atoms with E-state index in [1.807, 2.05) is 36.3 Å². The van der Waals surface area contributed by atoms with Crippen molar-refractivity contribution in [2.24, 2.45) is 7.05 Å². The second kappa shape index (κ2) is 5.15. The van der Waals surface area contributed by atoms with E-state index in [1.54, 1.807) is 0 Å². The molecule has 1 N–H and O–H groups in total. The van der Waals surface area contributed by atoms with Crippen molar-refractivity contribution in [2.75, 3.05) is 7.05 Å². The van der Waals surface area contributed by atoms with Gasteiger partial charge in [-0.2, -0.15) is 5.10 Å². The Bertz CT molecular complexity index is 683. The van der Waals surface area contributed by atoms with Crippen LogP contribution in [0.3, 0.4) is 0 Å². The van der Waals surface area contributed by atoms with Crippen LogP contribution in [0.2, 0.25) is 0 Å².